The average Bonchev–Trinajstić information content (AvgIpc) is 2.26. The summed E-state index contributed by atoms with van der Waals surface area (Å²) in [6.45, 7) is -0.120. The molecule has 0 fully saturated rings. The first kappa shape index (κ1) is 10.9. The van der Waals surface area contributed by atoms with Crippen LogP contribution in [0.3, 0.4) is 0 Å². The Morgan fingerprint density at radius 1 is 1.40 bits per heavy atom. The van der Waals surface area contributed by atoms with E-state index in [1.54, 1.807) is 0 Å². The molecule has 0 radical (unpaired) electrons. The number of rotatable bonds is 3. The van der Waals surface area contributed by atoms with Crippen LogP contribution in [0.2, 0.25) is 0 Å². The van der Waals surface area contributed by atoms with Crippen molar-refractivity contribution in [3.8, 4) is 0 Å². The molecule has 7 nitrogen and oxygen atoms in total. The molecule has 1 rings (SSSR count). The maximum atomic E-state index is 11.4. The lowest BCUT2D eigenvalue weighted by Crippen LogP contribution is -2.35. The average molecular weight is 209 g/mol. The number of anilines is 1. The van der Waals surface area contributed by atoms with Gasteiger partial charge in [-0.25, -0.2) is 9.97 Å². The zero-order valence-electron chi connectivity index (χ0n) is 8.15. The number of nitrogen functional groups attached to an aromatic ring is 1. The topological polar surface area (TPSA) is 110 Å². The summed E-state index contributed by atoms with van der Waals surface area (Å²) >= 11 is 0. The van der Waals surface area contributed by atoms with Crippen molar-refractivity contribution in [2.24, 2.45) is 0 Å². The minimum Gasteiger partial charge on any atom is -0.382 e. The number of nitrogens with zero attached hydrogens (tertiary/aromatic N) is 2. The lowest BCUT2D eigenvalue weighted by Gasteiger charge is -2.04. The van der Waals surface area contributed by atoms with E-state index in [1.165, 1.54) is 19.4 Å². The normalized spacial score (nSPS) is 9.40. The van der Waals surface area contributed by atoms with Crippen LogP contribution in [0.5, 0.6) is 0 Å². The Bertz CT molecular complexity index is 379. The standard InChI is InChI=1S/C8H11N5O2/c1-10-5(14)4-13-8(15)6-7(9)12-3-2-11-6/h2-3H,4H2,1H3,(H2,9,12)(H,10,14)(H,13,15). The maximum Gasteiger partial charge on any atom is 0.274 e. The van der Waals surface area contributed by atoms with Gasteiger partial charge in [0.2, 0.25) is 5.91 Å². The van der Waals surface area contributed by atoms with E-state index in [2.05, 4.69) is 20.6 Å². The van der Waals surface area contributed by atoms with E-state index in [1.807, 2.05) is 0 Å². The van der Waals surface area contributed by atoms with Gasteiger partial charge < -0.3 is 16.4 Å². The number of carbonyl (C=O) groups is 2. The molecule has 0 aliphatic heterocycles. The fourth-order valence-electron chi connectivity index (χ4n) is 0.856. The van der Waals surface area contributed by atoms with E-state index in [4.69, 9.17) is 5.73 Å². The van der Waals surface area contributed by atoms with Crippen molar-refractivity contribution < 1.29 is 9.59 Å². The summed E-state index contributed by atoms with van der Waals surface area (Å²) in [5, 5.41) is 4.72. The lowest BCUT2D eigenvalue weighted by molar-refractivity contribution is -0.119. The molecule has 1 aromatic rings. The van der Waals surface area contributed by atoms with Crippen LogP contribution in [0.15, 0.2) is 12.4 Å². The molecule has 0 unspecified atom stereocenters. The number of nitrogens with two attached hydrogens (primary N) is 1. The van der Waals surface area contributed by atoms with Gasteiger partial charge in [-0.2, -0.15) is 0 Å². The van der Waals surface area contributed by atoms with Crippen molar-refractivity contribution in [1.29, 1.82) is 0 Å². The predicted molar refractivity (Wildman–Crippen MR) is 52.8 cm³/mol. The molecule has 7 heteroatoms. The third-order valence-electron chi connectivity index (χ3n) is 1.63. The van der Waals surface area contributed by atoms with Gasteiger partial charge in [0, 0.05) is 19.4 Å². The van der Waals surface area contributed by atoms with Crippen LogP contribution in [0.25, 0.3) is 0 Å². The van der Waals surface area contributed by atoms with Gasteiger partial charge in [0.25, 0.3) is 5.91 Å². The Morgan fingerprint density at radius 2 is 2.07 bits per heavy atom. The maximum absolute atomic E-state index is 11.4. The number of likely N-dealkylation sites (N-methyl/N-ethyl adjacent to an activating group) is 1. The molecule has 0 aromatic carbocycles. The number of amides is 2. The van der Waals surface area contributed by atoms with Crippen LogP contribution in [0, 0.1) is 0 Å². The second kappa shape index (κ2) is 4.89. The molecule has 0 aliphatic rings. The highest BCUT2D eigenvalue weighted by Gasteiger charge is 2.12. The van der Waals surface area contributed by atoms with Crippen LogP contribution < -0.4 is 16.4 Å². The summed E-state index contributed by atoms with van der Waals surface area (Å²) in [6.07, 6.45) is 2.73. The Balaban J connectivity index is 2.62. The first-order valence-corrected chi connectivity index (χ1v) is 4.20. The molecular formula is C8H11N5O2. The van der Waals surface area contributed by atoms with Gasteiger partial charge >= 0.3 is 0 Å². The van der Waals surface area contributed by atoms with Gasteiger partial charge in [-0.15, -0.1) is 0 Å². The van der Waals surface area contributed by atoms with E-state index in [0.29, 0.717) is 0 Å². The summed E-state index contributed by atoms with van der Waals surface area (Å²) in [4.78, 5) is 29.7. The molecule has 2 amide bonds. The molecule has 0 saturated carbocycles. The first-order chi connectivity index (χ1) is 7.15. The summed E-state index contributed by atoms with van der Waals surface area (Å²) in [6, 6.07) is 0. The number of hydrogen-bond acceptors (Lipinski definition) is 5. The Hall–Kier alpha value is -2.18. The molecular weight excluding hydrogens is 198 g/mol. The Kier molecular flexibility index (Phi) is 3.55. The van der Waals surface area contributed by atoms with E-state index in [-0.39, 0.29) is 24.0 Å². The Morgan fingerprint density at radius 3 is 2.67 bits per heavy atom. The second-order valence-electron chi connectivity index (χ2n) is 2.65. The monoisotopic (exact) mass is 209 g/mol. The van der Waals surface area contributed by atoms with Crippen molar-refractivity contribution in [2.75, 3.05) is 19.3 Å². The third kappa shape index (κ3) is 2.90. The van der Waals surface area contributed by atoms with Crippen molar-refractivity contribution in [3.63, 3.8) is 0 Å². The molecule has 15 heavy (non-hydrogen) atoms. The number of carbonyl (C=O) groups excluding carboxylic acids is 2. The summed E-state index contributed by atoms with van der Waals surface area (Å²) < 4.78 is 0. The largest absolute Gasteiger partial charge is 0.382 e. The predicted octanol–water partition coefficient (Wildman–Crippen LogP) is -1.47. The molecule has 0 atom stereocenters. The summed E-state index contributed by atoms with van der Waals surface area (Å²) in [7, 11) is 1.48. The summed E-state index contributed by atoms with van der Waals surface area (Å²) in [5.74, 6) is -0.790. The molecule has 1 heterocycles. The van der Waals surface area contributed by atoms with Gasteiger partial charge in [-0.05, 0) is 0 Å². The molecule has 0 saturated heterocycles. The minimum absolute atomic E-state index is 0.0152. The van der Waals surface area contributed by atoms with Crippen LogP contribution in [0.1, 0.15) is 10.5 Å². The van der Waals surface area contributed by atoms with Crippen molar-refractivity contribution in [3.05, 3.63) is 18.1 Å². The molecule has 4 N–H and O–H groups in total. The van der Waals surface area contributed by atoms with E-state index in [9.17, 15) is 9.59 Å². The zero-order chi connectivity index (χ0) is 11.3. The van der Waals surface area contributed by atoms with Gasteiger partial charge in [-0.3, -0.25) is 9.59 Å². The van der Waals surface area contributed by atoms with Crippen LogP contribution >= 0.6 is 0 Å². The number of nitrogens with one attached hydrogen (secondary N) is 2. The minimum atomic E-state index is -0.524. The fraction of sp³-hybridized carbons (Fsp3) is 0.250. The number of aromatic nitrogens is 2. The molecule has 0 bridgehead atoms. The third-order valence-corrected chi connectivity index (χ3v) is 1.63. The molecule has 80 valence electrons. The van der Waals surface area contributed by atoms with Crippen LogP contribution in [0.4, 0.5) is 5.82 Å². The molecule has 0 aliphatic carbocycles. The van der Waals surface area contributed by atoms with Gasteiger partial charge in [0.1, 0.15) is 0 Å². The first-order valence-electron chi connectivity index (χ1n) is 4.20. The highest BCUT2D eigenvalue weighted by molar-refractivity contribution is 5.98. The number of hydrogen-bond donors (Lipinski definition) is 3. The summed E-state index contributed by atoms with van der Waals surface area (Å²) in [5.41, 5.74) is 5.44. The van der Waals surface area contributed by atoms with Gasteiger partial charge in [-0.1, -0.05) is 0 Å². The lowest BCUT2D eigenvalue weighted by atomic mass is 10.4. The SMILES string of the molecule is CNC(=O)CNC(=O)c1nccnc1N. The van der Waals surface area contributed by atoms with Gasteiger partial charge in [0.15, 0.2) is 11.5 Å². The fourth-order valence-corrected chi connectivity index (χ4v) is 0.856. The Labute approximate surface area is 86.1 Å². The molecule has 1 aromatic heterocycles. The van der Waals surface area contributed by atoms with E-state index >= 15 is 0 Å². The van der Waals surface area contributed by atoms with Gasteiger partial charge in [0.05, 0.1) is 6.54 Å². The highest BCUT2D eigenvalue weighted by Crippen LogP contribution is 2.01. The zero-order valence-corrected chi connectivity index (χ0v) is 8.15. The highest BCUT2D eigenvalue weighted by atomic mass is 16.2. The quantitative estimate of drug-likeness (QED) is 0.563. The van der Waals surface area contributed by atoms with Crippen molar-refractivity contribution in [1.82, 2.24) is 20.6 Å². The molecule has 0 spiro atoms. The van der Waals surface area contributed by atoms with Crippen molar-refractivity contribution >= 4 is 17.6 Å². The van der Waals surface area contributed by atoms with E-state index in [0.717, 1.165) is 0 Å². The smallest absolute Gasteiger partial charge is 0.274 e. The van der Waals surface area contributed by atoms with Crippen LogP contribution in [-0.2, 0) is 4.79 Å². The van der Waals surface area contributed by atoms with Crippen molar-refractivity contribution in [2.45, 2.75) is 0 Å². The van der Waals surface area contributed by atoms with Crippen LogP contribution in [-0.4, -0.2) is 35.4 Å². The second-order valence-corrected chi connectivity index (χ2v) is 2.65. The van der Waals surface area contributed by atoms with E-state index < -0.39 is 5.91 Å².